The quantitative estimate of drug-likeness (QED) is 0.798. The number of anilines is 1. The Balaban J connectivity index is 2.18. The third-order valence-corrected chi connectivity index (χ3v) is 4.60. The van der Waals surface area contributed by atoms with Gasteiger partial charge >= 0.3 is 0 Å². The van der Waals surface area contributed by atoms with Crippen molar-refractivity contribution < 1.29 is 4.79 Å². The van der Waals surface area contributed by atoms with E-state index in [2.05, 4.69) is 51.8 Å². The van der Waals surface area contributed by atoms with E-state index in [0.29, 0.717) is 6.04 Å². The fraction of sp³-hybridized carbons (Fsp3) is 0.533. The summed E-state index contributed by atoms with van der Waals surface area (Å²) in [6, 6.07) is 6.65. The molecule has 0 N–H and O–H groups in total. The third kappa shape index (κ3) is 3.18. The summed E-state index contributed by atoms with van der Waals surface area (Å²) in [4.78, 5) is 16.3. The molecule has 0 aromatic heterocycles. The topological polar surface area (TPSA) is 23.6 Å². The Hall–Kier alpha value is -0.870. The number of halogens is 1. The van der Waals surface area contributed by atoms with E-state index in [0.717, 1.165) is 29.7 Å². The maximum absolute atomic E-state index is 11.4. The smallest absolute Gasteiger partial charge is 0.160 e. The van der Waals surface area contributed by atoms with E-state index in [9.17, 15) is 4.79 Å². The number of rotatable bonds is 3. The zero-order chi connectivity index (χ0) is 14.0. The SMILES string of the molecule is CCC1CN(c2ccc(C(C)=O)c(Br)c2)CCN1C. The molecule has 0 amide bonds. The second kappa shape index (κ2) is 6.06. The molecule has 19 heavy (non-hydrogen) atoms. The summed E-state index contributed by atoms with van der Waals surface area (Å²) in [6.07, 6.45) is 1.17. The molecule has 1 heterocycles. The largest absolute Gasteiger partial charge is 0.369 e. The molecule has 1 atom stereocenters. The predicted octanol–water partition coefficient (Wildman–Crippen LogP) is 3.18. The highest BCUT2D eigenvalue weighted by atomic mass is 79.9. The molecule has 0 bridgehead atoms. The third-order valence-electron chi connectivity index (χ3n) is 3.95. The first-order valence-corrected chi connectivity index (χ1v) is 7.58. The first-order chi connectivity index (χ1) is 9.02. The van der Waals surface area contributed by atoms with E-state index in [4.69, 9.17) is 0 Å². The number of benzene rings is 1. The van der Waals surface area contributed by atoms with Crippen molar-refractivity contribution in [3.8, 4) is 0 Å². The van der Waals surface area contributed by atoms with Crippen LogP contribution in [0, 0.1) is 0 Å². The van der Waals surface area contributed by atoms with Crippen LogP contribution in [0.3, 0.4) is 0 Å². The van der Waals surface area contributed by atoms with Gasteiger partial charge in [-0.1, -0.05) is 6.92 Å². The molecular formula is C15H21BrN2O. The number of nitrogens with zero attached hydrogens (tertiary/aromatic N) is 2. The molecule has 1 saturated heterocycles. The molecule has 0 radical (unpaired) electrons. The second-order valence-corrected chi connectivity index (χ2v) is 6.06. The molecule has 1 aromatic rings. The molecule has 1 unspecified atom stereocenters. The van der Waals surface area contributed by atoms with Crippen molar-refractivity contribution in [2.24, 2.45) is 0 Å². The average Bonchev–Trinajstić information content (AvgIpc) is 2.38. The van der Waals surface area contributed by atoms with Crippen molar-refractivity contribution in [1.29, 1.82) is 0 Å². The van der Waals surface area contributed by atoms with E-state index in [1.165, 1.54) is 12.1 Å². The Labute approximate surface area is 123 Å². The molecule has 2 rings (SSSR count). The lowest BCUT2D eigenvalue weighted by Crippen LogP contribution is -2.51. The van der Waals surface area contributed by atoms with Gasteiger partial charge in [0, 0.05) is 41.4 Å². The molecule has 1 aliphatic rings. The van der Waals surface area contributed by atoms with Crippen LogP contribution >= 0.6 is 15.9 Å². The maximum Gasteiger partial charge on any atom is 0.160 e. The lowest BCUT2D eigenvalue weighted by Gasteiger charge is -2.40. The molecule has 3 nitrogen and oxygen atoms in total. The van der Waals surface area contributed by atoms with Crippen molar-refractivity contribution in [3.05, 3.63) is 28.2 Å². The number of ketones is 1. The molecule has 0 spiro atoms. The van der Waals surface area contributed by atoms with Gasteiger partial charge in [-0.15, -0.1) is 0 Å². The summed E-state index contributed by atoms with van der Waals surface area (Å²) >= 11 is 3.50. The van der Waals surface area contributed by atoms with Crippen molar-refractivity contribution in [3.63, 3.8) is 0 Å². The lowest BCUT2D eigenvalue weighted by molar-refractivity contribution is 0.101. The fourth-order valence-corrected chi connectivity index (χ4v) is 3.25. The lowest BCUT2D eigenvalue weighted by atomic mass is 10.1. The number of carbonyl (C=O) groups excluding carboxylic acids is 1. The molecule has 104 valence electrons. The molecular weight excluding hydrogens is 304 g/mol. The predicted molar refractivity (Wildman–Crippen MR) is 83.1 cm³/mol. The van der Waals surface area contributed by atoms with Crippen molar-refractivity contribution in [2.45, 2.75) is 26.3 Å². The summed E-state index contributed by atoms with van der Waals surface area (Å²) in [5.74, 6) is 0.100. The highest BCUT2D eigenvalue weighted by molar-refractivity contribution is 9.10. The molecule has 1 aromatic carbocycles. The van der Waals surface area contributed by atoms with Gasteiger partial charge in [0.15, 0.2) is 5.78 Å². The van der Waals surface area contributed by atoms with Crippen LogP contribution in [0.5, 0.6) is 0 Å². The first kappa shape index (κ1) is 14.5. The minimum absolute atomic E-state index is 0.100. The van der Waals surface area contributed by atoms with Gasteiger partial charge in [-0.2, -0.15) is 0 Å². The van der Waals surface area contributed by atoms with Crippen LogP contribution in [0.2, 0.25) is 0 Å². The number of likely N-dealkylation sites (N-methyl/N-ethyl adjacent to an activating group) is 1. The second-order valence-electron chi connectivity index (χ2n) is 5.21. The van der Waals surface area contributed by atoms with Crippen molar-refractivity contribution >= 4 is 27.4 Å². The van der Waals surface area contributed by atoms with Crippen LogP contribution in [-0.2, 0) is 0 Å². The van der Waals surface area contributed by atoms with Crippen molar-refractivity contribution in [1.82, 2.24) is 4.90 Å². The Morgan fingerprint density at radius 1 is 1.42 bits per heavy atom. The molecule has 1 aliphatic heterocycles. The van der Waals surface area contributed by atoms with E-state index in [1.807, 2.05) is 6.07 Å². The zero-order valence-electron chi connectivity index (χ0n) is 11.8. The molecule has 0 aliphatic carbocycles. The van der Waals surface area contributed by atoms with Crippen LogP contribution in [0.4, 0.5) is 5.69 Å². The minimum Gasteiger partial charge on any atom is -0.369 e. The maximum atomic E-state index is 11.4. The first-order valence-electron chi connectivity index (χ1n) is 6.78. The Morgan fingerprint density at radius 2 is 2.16 bits per heavy atom. The Bertz CT molecular complexity index is 475. The molecule has 0 saturated carbocycles. The summed E-state index contributed by atoms with van der Waals surface area (Å²) in [5.41, 5.74) is 1.95. The van der Waals surface area contributed by atoms with Crippen LogP contribution in [0.25, 0.3) is 0 Å². The van der Waals surface area contributed by atoms with Crippen LogP contribution < -0.4 is 4.90 Å². The van der Waals surface area contributed by atoms with Gasteiger partial charge in [0.1, 0.15) is 0 Å². The highest BCUT2D eigenvalue weighted by Gasteiger charge is 2.23. The van der Waals surface area contributed by atoms with Crippen LogP contribution in [0.15, 0.2) is 22.7 Å². The van der Waals surface area contributed by atoms with E-state index >= 15 is 0 Å². The average molecular weight is 325 g/mol. The monoisotopic (exact) mass is 324 g/mol. The van der Waals surface area contributed by atoms with Gasteiger partial charge in [-0.25, -0.2) is 0 Å². The van der Waals surface area contributed by atoms with E-state index in [1.54, 1.807) is 6.92 Å². The summed E-state index contributed by atoms with van der Waals surface area (Å²) in [6.45, 7) is 7.02. The van der Waals surface area contributed by atoms with Gasteiger partial charge in [0.2, 0.25) is 0 Å². The normalized spacial score (nSPS) is 20.6. The minimum atomic E-state index is 0.100. The number of piperazine rings is 1. The Kier molecular flexibility index (Phi) is 4.63. The van der Waals surface area contributed by atoms with E-state index in [-0.39, 0.29) is 5.78 Å². The number of hydrogen-bond donors (Lipinski definition) is 0. The van der Waals surface area contributed by atoms with Gasteiger partial charge in [-0.05, 0) is 54.5 Å². The number of hydrogen-bond acceptors (Lipinski definition) is 3. The summed E-state index contributed by atoms with van der Waals surface area (Å²) in [7, 11) is 2.19. The number of carbonyl (C=O) groups is 1. The van der Waals surface area contributed by atoms with Crippen molar-refractivity contribution in [2.75, 3.05) is 31.6 Å². The molecule has 1 fully saturated rings. The summed E-state index contributed by atoms with van der Waals surface area (Å²) < 4.78 is 0.893. The highest BCUT2D eigenvalue weighted by Crippen LogP contribution is 2.26. The van der Waals surface area contributed by atoms with Crippen LogP contribution in [0.1, 0.15) is 30.6 Å². The number of Topliss-reactive ketones (excluding diaryl/α,β-unsaturated/α-hetero) is 1. The van der Waals surface area contributed by atoms with Gasteiger partial charge in [-0.3, -0.25) is 9.69 Å². The summed E-state index contributed by atoms with van der Waals surface area (Å²) in [5, 5.41) is 0. The zero-order valence-corrected chi connectivity index (χ0v) is 13.4. The fourth-order valence-electron chi connectivity index (χ4n) is 2.61. The van der Waals surface area contributed by atoms with E-state index < -0.39 is 0 Å². The Morgan fingerprint density at radius 3 is 2.74 bits per heavy atom. The van der Waals surface area contributed by atoms with Gasteiger partial charge in [0.25, 0.3) is 0 Å². The molecule has 4 heteroatoms. The van der Waals surface area contributed by atoms with Crippen LogP contribution in [-0.4, -0.2) is 43.4 Å². The standard InChI is InChI=1S/C15H21BrN2O/c1-4-12-10-18(8-7-17(12)3)13-5-6-14(11(2)19)15(16)9-13/h5-6,9,12H,4,7-8,10H2,1-3H3. The van der Waals surface area contributed by atoms with Gasteiger partial charge < -0.3 is 4.90 Å². The van der Waals surface area contributed by atoms with Gasteiger partial charge in [0.05, 0.1) is 0 Å².